The highest BCUT2D eigenvalue weighted by Crippen LogP contribution is 2.18. The number of primary amides is 1. The molecular formula is C13H12N2O2S. The van der Waals surface area contributed by atoms with Crippen LogP contribution in [0.4, 0.5) is 5.69 Å². The Bertz CT molecular complexity index is 605. The van der Waals surface area contributed by atoms with Crippen LogP contribution in [0, 0.1) is 6.92 Å². The van der Waals surface area contributed by atoms with Crippen LogP contribution < -0.4 is 11.1 Å². The van der Waals surface area contributed by atoms with Crippen molar-refractivity contribution < 1.29 is 9.59 Å². The van der Waals surface area contributed by atoms with Crippen molar-refractivity contribution in [2.75, 3.05) is 5.32 Å². The van der Waals surface area contributed by atoms with Gasteiger partial charge in [-0.05, 0) is 42.1 Å². The van der Waals surface area contributed by atoms with Gasteiger partial charge in [0.25, 0.3) is 5.91 Å². The minimum atomic E-state index is -0.515. The van der Waals surface area contributed by atoms with E-state index in [1.165, 1.54) is 11.3 Å². The highest BCUT2D eigenvalue weighted by molar-refractivity contribution is 7.12. The van der Waals surface area contributed by atoms with Gasteiger partial charge in [0.1, 0.15) is 0 Å². The van der Waals surface area contributed by atoms with E-state index >= 15 is 0 Å². The molecule has 1 aromatic heterocycles. The van der Waals surface area contributed by atoms with E-state index in [1.807, 2.05) is 18.4 Å². The van der Waals surface area contributed by atoms with E-state index in [1.54, 1.807) is 24.3 Å². The summed E-state index contributed by atoms with van der Waals surface area (Å²) in [6, 6.07) is 8.45. The highest BCUT2D eigenvalue weighted by atomic mass is 32.1. The number of amides is 2. The smallest absolute Gasteiger partial charge is 0.265 e. The summed E-state index contributed by atoms with van der Waals surface area (Å²) in [6.07, 6.45) is 0. The van der Waals surface area contributed by atoms with Gasteiger partial charge in [-0.25, -0.2) is 0 Å². The molecule has 1 heterocycles. The number of hydrogen-bond acceptors (Lipinski definition) is 3. The molecule has 0 atom stereocenters. The monoisotopic (exact) mass is 260 g/mol. The topological polar surface area (TPSA) is 72.2 Å². The molecule has 0 spiro atoms. The molecule has 5 heteroatoms. The van der Waals surface area contributed by atoms with Crippen molar-refractivity contribution >= 4 is 28.8 Å². The van der Waals surface area contributed by atoms with Gasteiger partial charge in [0, 0.05) is 11.3 Å². The van der Waals surface area contributed by atoms with Gasteiger partial charge in [-0.2, -0.15) is 0 Å². The predicted octanol–water partition coefficient (Wildman–Crippen LogP) is 2.41. The molecule has 2 rings (SSSR count). The first-order chi connectivity index (χ1) is 8.58. The number of nitrogens with one attached hydrogen (secondary N) is 1. The Morgan fingerprint density at radius 1 is 1.28 bits per heavy atom. The minimum Gasteiger partial charge on any atom is -0.366 e. The summed E-state index contributed by atoms with van der Waals surface area (Å²) >= 11 is 1.38. The number of thiophene rings is 1. The van der Waals surface area contributed by atoms with Crippen LogP contribution in [0.1, 0.15) is 25.6 Å². The second-order valence-electron chi connectivity index (χ2n) is 3.83. The van der Waals surface area contributed by atoms with Crippen LogP contribution in [0.3, 0.4) is 0 Å². The van der Waals surface area contributed by atoms with Crippen molar-refractivity contribution in [3.63, 3.8) is 0 Å². The highest BCUT2D eigenvalue weighted by Gasteiger charge is 2.11. The quantitative estimate of drug-likeness (QED) is 0.889. The molecule has 0 radical (unpaired) electrons. The number of nitrogens with two attached hydrogens (primary N) is 1. The van der Waals surface area contributed by atoms with E-state index in [2.05, 4.69) is 5.32 Å². The summed E-state index contributed by atoms with van der Waals surface area (Å²) in [5.41, 5.74) is 7.05. The van der Waals surface area contributed by atoms with Crippen LogP contribution in [-0.4, -0.2) is 11.8 Å². The van der Waals surface area contributed by atoms with Gasteiger partial charge >= 0.3 is 0 Å². The number of benzene rings is 1. The van der Waals surface area contributed by atoms with Crippen LogP contribution >= 0.6 is 11.3 Å². The molecule has 4 nitrogen and oxygen atoms in total. The van der Waals surface area contributed by atoms with Gasteiger partial charge in [0.2, 0.25) is 5.91 Å². The summed E-state index contributed by atoms with van der Waals surface area (Å²) in [7, 11) is 0. The molecule has 2 amide bonds. The van der Waals surface area contributed by atoms with Crippen LogP contribution in [-0.2, 0) is 0 Å². The summed E-state index contributed by atoms with van der Waals surface area (Å²) in [4.78, 5) is 23.7. The van der Waals surface area contributed by atoms with Gasteiger partial charge in [0.15, 0.2) is 0 Å². The normalized spacial score (nSPS) is 10.1. The van der Waals surface area contributed by atoms with Crippen LogP contribution in [0.25, 0.3) is 0 Å². The first kappa shape index (κ1) is 12.3. The number of hydrogen-bond donors (Lipinski definition) is 2. The third-order valence-electron chi connectivity index (χ3n) is 2.47. The molecule has 0 fully saturated rings. The third-order valence-corrected chi connectivity index (χ3v) is 3.49. The Hall–Kier alpha value is -2.14. The fraction of sp³-hybridized carbons (Fsp3) is 0.0769. The standard InChI is InChI=1S/C13H12N2O2S/c1-8-5-6-18-11(8)13(17)15-10-4-2-3-9(7-10)12(14)16/h2-7H,1H3,(H2,14,16)(H,15,17). The lowest BCUT2D eigenvalue weighted by Gasteiger charge is -2.05. The molecular weight excluding hydrogens is 248 g/mol. The lowest BCUT2D eigenvalue weighted by Crippen LogP contribution is -2.14. The van der Waals surface area contributed by atoms with Crippen molar-refractivity contribution in [3.8, 4) is 0 Å². The Balaban J connectivity index is 2.20. The van der Waals surface area contributed by atoms with E-state index in [9.17, 15) is 9.59 Å². The van der Waals surface area contributed by atoms with Gasteiger partial charge in [-0.3, -0.25) is 9.59 Å². The SMILES string of the molecule is Cc1ccsc1C(=O)Nc1cccc(C(N)=O)c1. The average Bonchev–Trinajstić information content (AvgIpc) is 2.76. The molecule has 92 valence electrons. The zero-order valence-corrected chi connectivity index (χ0v) is 10.6. The van der Waals surface area contributed by atoms with Crippen molar-refractivity contribution in [3.05, 3.63) is 51.7 Å². The van der Waals surface area contributed by atoms with Crippen LogP contribution in [0.5, 0.6) is 0 Å². The fourth-order valence-electron chi connectivity index (χ4n) is 1.54. The largest absolute Gasteiger partial charge is 0.366 e. The summed E-state index contributed by atoms with van der Waals surface area (Å²) in [5.74, 6) is -0.692. The maximum atomic E-state index is 12.0. The van der Waals surface area contributed by atoms with Gasteiger partial charge in [-0.15, -0.1) is 11.3 Å². The van der Waals surface area contributed by atoms with Crippen molar-refractivity contribution in [2.24, 2.45) is 5.73 Å². The number of anilines is 1. The Kier molecular flexibility index (Phi) is 3.43. The van der Waals surface area contributed by atoms with Crippen molar-refractivity contribution in [2.45, 2.75) is 6.92 Å². The molecule has 0 saturated carbocycles. The zero-order valence-electron chi connectivity index (χ0n) is 9.77. The lowest BCUT2D eigenvalue weighted by atomic mass is 10.2. The van der Waals surface area contributed by atoms with E-state index in [0.29, 0.717) is 16.1 Å². The van der Waals surface area contributed by atoms with Gasteiger partial charge < -0.3 is 11.1 Å². The summed E-state index contributed by atoms with van der Waals surface area (Å²) < 4.78 is 0. The molecule has 1 aromatic carbocycles. The predicted molar refractivity (Wildman–Crippen MR) is 72.0 cm³/mol. The third kappa shape index (κ3) is 2.57. The minimum absolute atomic E-state index is 0.177. The maximum Gasteiger partial charge on any atom is 0.265 e. The first-order valence-electron chi connectivity index (χ1n) is 5.33. The molecule has 0 aliphatic carbocycles. The van der Waals surface area contributed by atoms with Crippen molar-refractivity contribution in [1.29, 1.82) is 0 Å². The average molecular weight is 260 g/mol. The molecule has 0 aliphatic heterocycles. The van der Waals surface area contributed by atoms with E-state index in [4.69, 9.17) is 5.73 Å². The second-order valence-corrected chi connectivity index (χ2v) is 4.75. The molecule has 18 heavy (non-hydrogen) atoms. The molecule has 2 aromatic rings. The van der Waals surface area contributed by atoms with Crippen molar-refractivity contribution in [1.82, 2.24) is 0 Å². The second kappa shape index (κ2) is 5.01. The Morgan fingerprint density at radius 2 is 2.06 bits per heavy atom. The number of carbonyl (C=O) groups is 2. The van der Waals surface area contributed by atoms with E-state index in [-0.39, 0.29) is 5.91 Å². The Labute approximate surface area is 108 Å². The summed E-state index contributed by atoms with van der Waals surface area (Å²) in [5, 5.41) is 4.61. The van der Waals surface area contributed by atoms with Crippen LogP contribution in [0.15, 0.2) is 35.7 Å². The van der Waals surface area contributed by atoms with Gasteiger partial charge in [-0.1, -0.05) is 6.07 Å². The zero-order chi connectivity index (χ0) is 13.1. The maximum absolute atomic E-state index is 12.0. The van der Waals surface area contributed by atoms with E-state index in [0.717, 1.165) is 5.56 Å². The molecule has 0 aliphatic rings. The lowest BCUT2D eigenvalue weighted by molar-refractivity contribution is 0.0996. The number of carbonyl (C=O) groups excluding carboxylic acids is 2. The Morgan fingerprint density at radius 3 is 2.67 bits per heavy atom. The molecule has 3 N–H and O–H groups in total. The van der Waals surface area contributed by atoms with E-state index < -0.39 is 5.91 Å². The van der Waals surface area contributed by atoms with Gasteiger partial charge in [0.05, 0.1) is 4.88 Å². The molecule has 0 saturated heterocycles. The molecule has 0 bridgehead atoms. The molecule has 0 unspecified atom stereocenters. The number of rotatable bonds is 3. The van der Waals surface area contributed by atoms with Crippen LogP contribution in [0.2, 0.25) is 0 Å². The first-order valence-corrected chi connectivity index (χ1v) is 6.21. The fourth-order valence-corrected chi connectivity index (χ4v) is 2.36. The summed E-state index contributed by atoms with van der Waals surface area (Å²) in [6.45, 7) is 1.88. The number of aryl methyl sites for hydroxylation is 1.